The van der Waals surface area contributed by atoms with Gasteiger partial charge >= 0.3 is 5.97 Å². The number of rotatable bonds is 2. The van der Waals surface area contributed by atoms with Crippen LogP contribution in [0.5, 0.6) is 5.75 Å². The van der Waals surface area contributed by atoms with Crippen LogP contribution in [-0.2, 0) is 11.2 Å². The molecule has 0 spiro atoms. The molecule has 2 heterocycles. The summed E-state index contributed by atoms with van der Waals surface area (Å²) < 4.78 is 0. The molecule has 0 aliphatic carbocycles. The molecule has 2 unspecified atom stereocenters. The number of H-pyrrole nitrogens is 1. The molecule has 2 aromatic carbocycles. The number of phenols is 1. The van der Waals surface area contributed by atoms with Crippen LogP contribution in [0.3, 0.4) is 0 Å². The van der Waals surface area contributed by atoms with Crippen LogP contribution in [0, 0.1) is 13.8 Å². The van der Waals surface area contributed by atoms with Gasteiger partial charge in [0, 0.05) is 23.0 Å². The van der Waals surface area contributed by atoms with E-state index in [1.165, 1.54) is 0 Å². The highest BCUT2D eigenvalue weighted by Crippen LogP contribution is 2.37. The number of fused-ring (bicyclic) bond motifs is 3. The third-order valence-corrected chi connectivity index (χ3v) is 5.06. The maximum Gasteiger partial charge on any atom is 0.321 e. The zero-order chi connectivity index (χ0) is 17.7. The number of benzene rings is 2. The Labute approximate surface area is 145 Å². The molecule has 1 aliphatic heterocycles. The molecule has 1 aliphatic rings. The van der Waals surface area contributed by atoms with Crippen LogP contribution in [-0.4, -0.2) is 27.2 Å². The number of aromatic amines is 1. The molecule has 2 atom stereocenters. The predicted molar refractivity (Wildman–Crippen MR) is 96.0 cm³/mol. The van der Waals surface area contributed by atoms with Crippen molar-refractivity contribution in [2.24, 2.45) is 0 Å². The lowest BCUT2D eigenvalue weighted by Gasteiger charge is -2.30. The van der Waals surface area contributed by atoms with Crippen LogP contribution in [0.2, 0.25) is 0 Å². The third-order valence-electron chi connectivity index (χ3n) is 5.06. The standard InChI is InChI=1S/C20H20N2O3/c1-10-7-12(8-11(2)19(10)23)17-18-14(9-16(22-17)20(24)25)13-5-3-4-6-15(13)21-18/h3-8,16-17,21-23H,9H2,1-2H3,(H,24,25). The summed E-state index contributed by atoms with van der Waals surface area (Å²) in [6.45, 7) is 3.71. The fourth-order valence-electron chi connectivity index (χ4n) is 3.81. The second-order valence-corrected chi connectivity index (χ2v) is 6.76. The first-order valence-corrected chi connectivity index (χ1v) is 8.34. The Balaban J connectivity index is 1.92. The van der Waals surface area contributed by atoms with Crippen molar-refractivity contribution >= 4 is 16.9 Å². The predicted octanol–water partition coefficient (Wildman–Crippen LogP) is 3.18. The van der Waals surface area contributed by atoms with Crippen molar-refractivity contribution in [2.75, 3.05) is 0 Å². The van der Waals surface area contributed by atoms with Gasteiger partial charge in [-0.05, 0) is 42.2 Å². The van der Waals surface area contributed by atoms with Crippen molar-refractivity contribution in [1.29, 1.82) is 0 Å². The SMILES string of the molecule is Cc1cc(C2NC(C(=O)O)Cc3c2[nH]c2ccccc32)cc(C)c1O. The molecule has 0 bridgehead atoms. The summed E-state index contributed by atoms with van der Waals surface area (Å²) in [5.41, 5.74) is 5.58. The zero-order valence-corrected chi connectivity index (χ0v) is 14.1. The molecule has 4 N–H and O–H groups in total. The molecular weight excluding hydrogens is 316 g/mol. The first kappa shape index (κ1) is 15.7. The van der Waals surface area contributed by atoms with Crippen molar-refractivity contribution in [3.8, 4) is 5.75 Å². The fourth-order valence-corrected chi connectivity index (χ4v) is 3.81. The van der Waals surface area contributed by atoms with Crippen molar-refractivity contribution in [3.63, 3.8) is 0 Å². The van der Waals surface area contributed by atoms with Gasteiger partial charge in [-0.2, -0.15) is 0 Å². The first-order chi connectivity index (χ1) is 12.0. The second kappa shape index (κ2) is 5.63. The number of nitrogens with one attached hydrogen (secondary N) is 2. The van der Waals surface area contributed by atoms with E-state index in [1.807, 2.05) is 50.2 Å². The number of phenolic OH excluding ortho intramolecular Hbond substituents is 1. The van der Waals surface area contributed by atoms with Crippen LogP contribution in [0.15, 0.2) is 36.4 Å². The van der Waals surface area contributed by atoms with Gasteiger partial charge in [0.25, 0.3) is 0 Å². The average Bonchev–Trinajstić information content (AvgIpc) is 2.97. The molecule has 0 amide bonds. The Morgan fingerprint density at radius 2 is 1.84 bits per heavy atom. The Hall–Kier alpha value is -2.79. The van der Waals surface area contributed by atoms with Crippen LogP contribution >= 0.6 is 0 Å². The molecule has 5 nitrogen and oxygen atoms in total. The van der Waals surface area contributed by atoms with Gasteiger partial charge in [-0.1, -0.05) is 30.3 Å². The van der Waals surface area contributed by atoms with E-state index in [9.17, 15) is 15.0 Å². The van der Waals surface area contributed by atoms with Crippen LogP contribution in [0.1, 0.15) is 34.0 Å². The molecule has 0 saturated carbocycles. The molecule has 4 rings (SSSR count). The van der Waals surface area contributed by atoms with E-state index < -0.39 is 12.0 Å². The number of hydrogen-bond acceptors (Lipinski definition) is 3. The summed E-state index contributed by atoms with van der Waals surface area (Å²) in [6, 6.07) is 10.9. The quantitative estimate of drug-likeness (QED) is 0.579. The van der Waals surface area contributed by atoms with E-state index in [1.54, 1.807) is 0 Å². The maximum atomic E-state index is 11.7. The Morgan fingerprint density at radius 3 is 2.52 bits per heavy atom. The second-order valence-electron chi connectivity index (χ2n) is 6.76. The van der Waals surface area contributed by atoms with Gasteiger partial charge < -0.3 is 15.2 Å². The number of carboxylic acid groups (broad SMARTS) is 1. The number of hydrogen-bond donors (Lipinski definition) is 4. The van der Waals surface area contributed by atoms with Crippen molar-refractivity contribution in [1.82, 2.24) is 10.3 Å². The largest absolute Gasteiger partial charge is 0.507 e. The van der Waals surface area contributed by atoms with Gasteiger partial charge in [-0.3, -0.25) is 10.1 Å². The molecule has 128 valence electrons. The highest BCUT2D eigenvalue weighted by Gasteiger charge is 2.34. The lowest BCUT2D eigenvalue weighted by molar-refractivity contribution is -0.139. The summed E-state index contributed by atoms with van der Waals surface area (Å²) in [6.07, 6.45) is 0.446. The van der Waals surface area contributed by atoms with Gasteiger partial charge in [0.1, 0.15) is 11.8 Å². The summed E-state index contributed by atoms with van der Waals surface area (Å²) in [4.78, 5) is 15.1. The van der Waals surface area contributed by atoms with E-state index in [0.29, 0.717) is 6.42 Å². The number of carboxylic acids is 1. The normalized spacial score (nSPS) is 19.8. The van der Waals surface area contributed by atoms with E-state index in [4.69, 9.17) is 0 Å². The Morgan fingerprint density at radius 1 is 1.16 bits per heavy atom. The molecule has 25 heavy (non-hydrogen) atoms. The highest BCUT2D eigenvalue weighted by atomic mass is 16.4. The monoisotopic (exact) mass is 336 g/mol. The van der Waals surface area contributed by atoms with Gasteiger partial charge in [0.2, 0.25) is 0 Å². The maximum absolute atomic E-state index is 11.7. The fraction of sp³-hybridized carbons (Fsp3) is 0.250. The van der Waals surface area contributed by atoms with Crippen molar-refractivity contribution in [2.45, 2.75) is 32.4 Å². The van der Waals surface area contributed by atoms with E-state index in [-0.39, 0.29) is 11.8 Å². The molecule has 0 fully saturated rings. The number of aromatic hydroxyl groups is 1. The minimum Gasteiger partial charge on any atom is -0.507 e. The minimum absolute atomic E-state index is 0.254. The number of aliphatic carboxylic acids is 1. The zero-order valence-electron chi connectivity index (χ0n) is 14.1. The van der Waals surface area contributed by atoms with Crippen LogP contribution in [0.4, 0.5) is 0 Å². The number of para-hydroxylation sites is 1. The summed E-state index contributed by atoms with van der Waals surface area (Å²) in [7, 11) is 0. The lowest BCUT2D eigenvalue weighted by atomic mass is 9.89. The van der Waals surface area contributed by atoms with Crippen molar-refractivity contribution < 1.29 is 15.0 Å². The van der Waals surface area contributed by atoms with E-state index in [2.05, 4.69) is 10.3 Å². The Kier molecular flexibility index (Phi) is 3.54. The molecule has 1 aromatic heterocycles. The lowest BCUT2D eigenvalue weighted by Crippen LogP contribution is -2.45. The molecule has 3 aromatic rings. The molecule has 5 heteroatoms. The smallest absolute Gasteiger partial charge is 0.321 e. The number of aryl methyl sites for hydroxylation is 2. The molecule has 0 saturated heterocycles. The highest BCUT2D eigenvalue weighted by molar-refractivity contribution is 5.87. The first-order valence-electron chi connectivity index (χ1n) is 8.34. The summed E-state index contributed by atoms with van der Waals surface area (Å²) >= 11 is 0. The topological polar surface area (TPSA) is 85.4 Å². The summed E-state index contributed by atoms with van der Waals surface area (Å²) in [5.74, 6) is -0.570. The van der Waals surface area contributed by atoms with E-state index in [0.717, 1.165) is 38.9 Å². The van der Waals surface area contributed by atoms with Gasteiger partial charge in [0.15, 0.2) is 0 Å². The van der Waals surface area contributed by atoms with Gasteiger partial charge in [-0.15, -0.1) is 0 Å². The van der Waals surface area contributed by atoms with Gasteiger partial charge in [-0.25, -0.2) is 0 Å². The van der Waals surface area contributed by atoms with Crippen LogP contribution in [0.25, 0.3) is 10.9 Å². The van der Waals surface area contributed by atoms with Crippen LogP contribution < -0.4 is 5.32 Å². The molecular formula is C20H20N2O3. The average molecular weight is 336 g/mol. The number of aromatic nitrogens is 1. The minimum atomic E-state index is -0.854. The summed E-state index contributed by atoms with van der Waals surface area (Å²) in [5, 5.41) is 24.0. The third kappa shape index (κ3) is 2.48. The number of carbonyl (C=O) groups is 1. The van der Waals surface area contributed by atoms with E-state index >= 15 is 0 Å². The van der Waals surface area contributed by atoms with Gasteiger partial charge in [0.05, 0.1) is 6.04 Å². The van der Waals surface area contributed by atoms with Crippen molar-refractivity contribution in [3.05, 3.63) is 64.3 Å². The Bertz CT molecular complexity index is 967. The molecule has 0 radical (unpaired) electrons.